The molecule has 0 spiro atoms. The maximum atomic E-state index is 11.6. The summed E-state index contributed by atoms with van der Waals surface area (Å²) in [6.45, 7) is 3.47. The van der Waals surface area contributed by atoms with Crippen LogP contribution in [0.2, 0.25) is 10.3 Å². The highest BCUT2D eigenvalue weighted by atomic mass is 35.5. The first-order chi connectivity index (χ1) is 10.5. The van der Waals surface area contributed by atoms with Crippen LogP contribution < -0.4 is 10.6 Å². The predicted molar refractivity (Wildman–Crippen MR) is 87.0 cm³/mol. The fraction of sp³-hybridized carbons (Fsp3) is 0.214. The smallest absolute Gasteiger partial charge is 0.413 e. The molecule has 2 N–H and O–H groups in total. The lowest BCUT2D eigenvalue weighted by Gasteiger charge is -2.13. The predicted octanol–water partition coefficient (Wildman–Crippen LogP) is 4.48. The molecule has 116 valence electrons. The van der Waals surface area contributed by atoms with Crippen molar-refractivity contribution in [3.8, 4) is 0 Å². The van der Waals surface area contributed by atoms with Crippen LogP contribution in [0.5, 0.6) is 0 Å². The van der Waals surface area contributed by atoms with Crippen LogP contribution in [-0.4, -0.2) is 22.2 Å². The molecule has 0 saturated carbocycles. The zero-order chi connectivity index (χ0) is 16.1. The topological polar surface area (TPSA) is 76.1 Å². The van der Waals surface area contributed by atoms with E-state index in [0.29, 0.717) is 0 Å². The molecule has 1 aromatic carbocycles. The summed E-state index contributed by atoms with van der Waals surface area (Å²) in [7, 11) is 0. The molecule has 0 atom stereocenters. The summed E-state index contributed by atoms with van der Waals surface area (Å²) < 4.78 is 4.97. The summed E-state index contributed by atoms with van der Waals surface area (Å²) in [5, 5.41) is 5.53. The fourth-order valence-electron chi connectivity index (χ4n) is 1.58. The van der Waals surface area contributed by atoms with Crippen molar-refractivity contribution >= 4 is 46.6 Å². The standard InChI is InChI=1S/C14H14Cl2N4O2/c1-8(2)22-14(21)20-12-10(15)11(18-13(16)19-12)17-9-6-4-3-5-7-9/h3-8H,1-2H3,(H2,17,18,19,20,21). The molecule has 6 nitrogen and oxygen atoms in total. The Morgan fingerprint density at radius 3 is 2.41 bits per heavy atom. The number of hydrogen-bond donors (Lipinski definition) is 2. The lowest BCUT2D eigenvalue weighted by atomic mass is 10.3. The van der Waals surface area contributed by atoms with Crippen LogP contribution in [0.4, 0.5) is 22.1 Å². The number of halogens is 2. The van der Waals surface area contributed by atoms with E-state index in [4.69, 9.17) is 27.9 Å². The van der Waals surface area contributed by atoms with E-state index in [1.807, 2.05) is 30.3 Å². The van der Waals surface area contributed by atoms with Crippen molar-refractivity contribution < 1.29 is 9.53 Å². The van der Waals surface area contributed by atoms with Gasteiger partial charge in [0, 0.05) is 5.69 Å². The number of para-hydroxylation sites is 1. The molecule has 8 heteroatoms. The summed E-state index contributed by atoms with van der Waals surface area (Å²) in [6, 6.07) is 9.28. The molecule has 0 aliphatic heterocycles. The van der Waals surface area contributed by atoms with Crippen molar-refractivity contribution in [2.45, 2.75) is 20.0 Å². The van der Waals surface area contributed by atoms with E-state index in [1.54, 1.807) is 13.8 Å². The van der Waals surface area contributed by atoms with Gasteiger partial charge < -0.3 is 10.1 Å². The van der Waals surface area contributed by atoms with Crippen LogP contribution in [-0.2, 0) is 4.74 Å². The van der Waals surface area contributed by atoms with Gasteiger partial charge in [-0.05, 0) is 37.6 Å². The van der Waals surface area contributed by atoms with Crippen molar-refractivity contribution in [1.29, 1.82) is 0 Å². The SMILES string of the molecule is CC(C)OC(=O)Nc1nc(Cl)nc(Nc2ccccc2)c1Cl. The highest BCUT2D eigenvalue weighted by molar-refractivity contribution is 6.36. The van der Waals surface area contributed by atoms with Crippen molar-refractivity contribution in [3.05, 3.63) is 40.6 Å². The Morgan fingerprint density at radius 2 is 1.77 bits per heavy atom. The maximum Gasteiger partial charge on any atom is 0.413 e. The van der Waals surface area contributed by atoms with Crippen LogP contribution in [0.1, 0.15) is 13.8 Å². The van der Waals surface area contributed by atoms with Gasteiger partial charge in [-0.3, -0.25) is 5.32 Å². The third-order valence-electron chi connectivity index (χ3n) is 2.42. The first kappa shape index (κ1) is 16.3. The van der Waals surface area contributed by atoms with Crippen LogP contribution in [0.25, 0.3) is 0 Å². The second kappa shape index (κ2) is 7.29. The number of hydrogen-bond acceptors (Lipinski definition) is 5. The molecule has 0 saturated heterocycles. The molecule has 0 aliphatic carbocycles. The Hall–Kier alpha value is -2.05. The summed E-state index contributed by atoms with van der Waals surface area (Å²) in [4.78, 5) is 19.5. The average molecular weight is 341 g/mol. The van der Waals surface area contributed by atoms with Crippen LogP contribution in [0, 0.1) is 0 Å². The lowest BCUT2D eigenvalue weighted by molar-refractivity contribution is 0.130. The van der Waals surface area contributed by atoms with Crippen LogP contribution >= 0.6 is 23.2 Å². The third-order valence-corrected chi connectivity index (χ3v) is 2.95. The molecule has 0 bridgehead atoms. The summed E-state index contributed by atoms with van der Waals surface area (Å²) in [5.74, 6) is 0.360. The van der Waals surface area contributed by atoms with E-state index >= 15 is 0 Å². The van der Waals surface area contributed by atoms with E-state index in [1.165, 1.54) is 0 Å². The fourth-order valence-corrected chi connectivity index (χ4v) is 1.93. The number of carbonyl (C=O) groups is 1. The van der Waals surface area contributed by atoms with E-state index in [9.17, 15) is 4.79 Å². The molecule has 1 aromatic heterocycles. The molecule has 2 rings (SSSR count). The molecule has 0 fully saturated rings. The van der Waals surface area contributed by atoms with E-state index in [0.717, 1.165) is 5.69 Å². The van der Waals surface area contributed by atoms with Gasteiger partial charge in [-0.1, -0.05) is 29.8 Å². The van der Waals surface area contributed by atoms with Crippen molar-refractivity contribution in [1.82, 2.24) is 9.97 Å². The Balaban J connectivity index is 2.23. The molecule has 1 amide bonds. The zero-order valence-corrected chi connectivity index (χ0v) is 13.4. The Kier molecular flexibility index (Phi) is 5.41. The van der Waals surface area contributed by atoms with Crippen molar-refractivity contribution in [3.63, 3.8) is 0 Å². The molecular weight excluding hydrogens is 327 g/mol. The number of rotatable bonds is 4. The quantitative estimate of drug-likeness (QED) is 0.802. The van der Waals surface area contributed by atoms with Gasteiger partial charge in [0.1, 0.15) is 5.02 Å². The zero-order valence-electron chi connectivity index (χ0n) is 11.9. The molecule has 22 heavy (non-hydrogen) atoms. The summed E-state index contributed by atoms with van der Waals surface area (Å²) in [6.07, 6.45) is -0.935. The first-order valence-corrected chi connectivity index (χ1v) is 7.24. The molecule has 2 aromatic rings. The minimum atomic E-state index is -0.669. The molecule has 0 radical (unpaired) electrons. The maximum absolute atomic E-state index is 11.6. The monoisotopic (exact) mass is 340 g/mol. The number of nitrogens with zero attached hydrogens (tertiary/aromatic N) is 2. The largest absolute Gasteiger partial charge is 0.447 e. The minimum Gasteiger partial charge on any atom is -0.447 e. The molecular formula is C14H14Cl2N4O2. The number of ether oxygens (including phenoxy) is 1. The highest BCUT2D eigenvalue weighted by Gasteiger charge is 2.16. The number of nitrogens with one attached hydrogen (secondary N) is 2. The number of carbonyl (C=O) groups excluding carboxylic acids is 1. The normalized spacial score (nSPS) is 10.4. The number of aromatic nitrogens is 2. The number of benzene rings is 1. The summed E-state index contributed by atoms with van der Waals surface area (Å²) in [5.41, 5.74) is 0.773. The second-order valence-corrected chi connectivity index (χ2v) is 5.29. The first-order valence-electron chi connectivity index (χ1n) is 6.48. The van der Waals surface area contributed by atoms with Gasteiger partial charge in [-0.25, -0.2) is 4.79 Å². The average Bonchev–Trinajstić information content (AvgIpc) is 2.44. The van der Waals surface area contributed by atoms with Gasteiger partial charge in [-0.15, -0.1) is 0 Å². The third kappa shape index (κ3) is 4.47. The molecule has 0 unspecified atom stereocenters. The van der Waals surface area contributed by atoms with Gasteiger partial charge in [0.05, 0.1) is 6.10 Å². The van der Waals surface area contributed by atoms with E-state index in [-0.39, 0.29) is 28.0 Å². The van der Waals surface area contributed by atoms with Gasteiger partial charge in [0.15, 0.2) is 11.6 Å². The summed E-state index contributed by atoms with van der Waals surface area (Å²) >= 11 is 12.1. The number of amides is 1. The van der Waals surface area contributed by atoms with Gasteiger partial charge in [-0.2, -0.15) is 9.97 Å². The Morgan fingerprint density at radius 1 is 1.14 bits per heavy atom. The lowest BCUT2D eigenvalue weighted by Crippen LogP contribution is -2.19. The van der Waals surface area contributed by atoms with Crippen LogP contribution in [0.15, 0.2) is 30.3 Å². The van der Waals surface area contributed by atoms with Crippen molar-refractivity contribution in [2.24, 2.45) is 0 Å². The van der Waals surface area contributed by atoms with Gasteiger partial charge >= 0.3 is 6.09 Å². The minimum absolute atomic E-state index is 0.0531. The Labute approximate surface area is 137 Å². The van der Waals surface area contributed by atoms with Crippen LogP contribution in [0.3, 0.4) is 0 Å². The highest BCUT2D eigenvalue weighted by Crippen LogP contribution is 2.30. The van der Waals surface area contributed by atoms with E-state index in [2.05, 4.69) is 20.6 Å². The Bertz CT molecular complexity index is 665. The molecule has 0 aliphatic rings. The van der Waals surface area contributed by atoms with Gasteiger partial charge in [0.25, 0.3) is 0 Å². The van der Waals surface area contributed by atoms with E-state index < -0.39 is 6.09 Å². The van der Waals surface area contributed by atoms with Gasteiger partial charge in [0.2, 0.25) is 5.28 Å². The number of anilines is 3. The second-order valence-electron chi connectivity index (χ2n) is 4.57. The van der Waals surface area contributed by atoms with Crippen molar-refractivity contribution in [2.75, 3.05) is 10.6 Å². The molecule has 1 heterocycles.